The molecule has 0 unspecified atom stereocenters. The number of hydrogen-bond donors (Lipinski definition) is 0. The quantitative estimate of drug-likeness (QED) is 0.206. The van der Waals surface area contributed by atoms with Crippen molar-refractivity contribution in [1.29, 1.82) is 0 Å². The first kappa shape index (κ1) is 23.5. The molecule has 0 amide bonds. The van der Waals surface area contributed by atoms with Gasteiger partial charge in [0.05, 0.1) is 15.7 Å². The van der Waals surface area contributed by atoms with Gasteiger partial charge < -0.3 is 4.57 Å². The van der Waals surface area contributed by atoms with Crippen LogP contribution >= 0.6 is 11.3 Å². The molecule has 0 atom stereocenters. The molecule has 0 radical (unpaired) electrons. The van der Waals surface area contributed by atoms with Gasteiger partial charge in [0, 0.05) is 31.9 Å². The molecule has 42 heavy (non-hydrogen) atoms. The molecule has 1 nitrogen and oxygen atoms in total. The molecule has 0 bridgehead atoms. The van der Waals surface area contributed by atoms with Gasteiger partial charge in [-0.1, -0.05) is 127 Å². The molecule has 196 valence electrons. The molecule has 9 aromatic rings. The molecule has 0 aliphatic heterocycles. The third-order valence-electron chi connectivity index (χ3n) is 8.58. The lowest BCUT2D eigenvalue weighted by molar-refractivity contribution is 1.19. The number of rotatable bonds is 3. The van der Waals surface area contributed by atoms with Crippen molar-refractivity contribution in [3.63, 3.8) is 0 Å². The van der Waals surface area contributed by atoms with E-state index in [0.29, 0.717) is 0 Å². The van der Waals surface area contributed by atoms with E-state index < -0.39 is 0 Å². The molecule has 0 saturated heterocycles. The van der Waals surface area contributed by atoms with Gasteiger partial charge in [0.25, 0.3) is 0 Å². The van der Waals surface area contributed by atoms with E-state index in [0.717, 1.165) is 0 Å². The Balaban J connectivity index is 1.46. The van der Waals surface area contributed by atoms with Crippen LogP contribution in [0.5, 0.6) is 0 Å². The lowest BCUT2D eigenvalue weighted by Gasteiger charge is -2.12. The fourth-order valence-corrected chi connectivity index (χ4v) is 7.94. The number of aromatic nitrogens is 1. The summed E-state index contributed by atoms with van der Waals surface area (Å²) in [7, 11) is 0. The maximum absolute atomic E-state index is 2.51. The van der Waals surface area contributed by atoms with E-state index >= 15 is 0 Å². The van der Waals surface area contributed by atoms with E-state index in [-0.39, 0.29) is 0 Å². The number of fused-ring (bicyclic) bond motifs is 10. The maximum atomic E-state index is 2.51. The zero-order valence-corrected chi connectivity index (χ0v) is 23.6. The largest absolute Gasteiger partial charge is 0.308 e. The summed E-state index contributed by atoms with van der Waals surface area (Å²) in [5.41, 5.74) is 8.61. The molecule has 7 aromatic carbocycles. The van der Waals surface area contributed by atoms with Crippen LogP contribution in [-0.4, -0.2) is 4.57 Å². The van der Waals surface area contributed by atoms with Crippen LogP contribution in [0.15, 0.2) is 152 Å². The number of nitrogens with zero attached hydrogens (tertiary/aromatic N) is 1. The Labute approximate surface area is 247 Å². The van der Waals surface area contributed by atoms with E-state index in [4.69, 9.17) is 0 Å². The molecule has 0 aliphatic carbocycles. The minimum atomic E-state index is 1.17. The van der Waals surface area contributed by atoms with Crippen molar-refractivity contribution in [1.82, 2.24) is 4.57 Å². The van der Waals surface area contributed by atoms with Gasteiger partial charge in [-0.3, -0.25) is 0 Å². The van der Waals surface area contributed by atoms with Crippen LogP contribution in [0.1, 0.15) is 0 Å². The van der Waals surface area contributed by atoms with Gasteiger partial charge in [-0.05, 0) is 57.3 Å². The Morgan fingerprint density at radius 1 is 0.405 bits per heavy atom. The van der Waals surface area contributed by atoms with E-state index in [1.54, 1.807) is 0 Å². The van der Waals surface area contributed by atoms with Crippen LogP contribution in [0.25, 0.3) is 80.7 Å². The van der Waals surface area contributed by atoms with E-state index in [1.807, 2.05) is 11.3 Å². The molecule has 2 heterocycles. The summed E-state index contributed by atoms with van der Waals surface area (Å²) in [6.07, 6.45) is 0. The molecule has 9 rings (SSSR count). The average Bonchev–Trinajstić information content (AvgIpc) is 3.62. The Kier molecular flexibility index (Phi) is 5.13. The van der Waals surface area contributed by atoms with Gasteiger partial charge in [-0.25, -0.2) is 0 Å². The van der Waals surface area contributed by atoms with Gasteiger partial charge >= 0.3 is 0 Å². The molecule has 2 aromatic heterocycles. The fraction of sp³-hybridized carbons (Fsp3) is 0. The Hall–Kier alpha value is -5.18. The van der Waals surface area contributed by atoms with E-state index in [1.165, 1.54) is 80.7 Å². The van der Waals surface area contributed by atoms with Crippen molar-refractivity contribution in [3.8, 4) is 27.9 Å². The first-order valence-corrected chi connectivity index (χ1v) is 15.2. The fourth-order valence-electron chi connectivity index (χ4n) is 6.69. The summed E-state index contributed by atoms with van der Waals surface area (Å²) < 4.78 is 5.18. The topological polar surface area (TPSA) is 4.93 Å². The van der Waals surface area contributed by atoms with Crippen molar-refractivity contribution in [3.05, 3.63) is 152 Å². The minimum Gasteiger partial charge on any atom is -0.308 e. The smallest absolute Gasteiger partial charge is 0.0726 e. The van der Waals surface area contributed by atoms with Crippen molar-refractivity contribution in [2.24, 2.45) is 0 Å². The molecule has 0 N–H and O–H groups in total. The Bertz CT molecular complexity index is 2430. The normalized spacial score (nSPS) is 11.8. The van der Waals surface area contributed by atoms with Crippen molar-refractivity contribution < 1.29 is 0 Å². The third kappa shape index (κ3) is 3.43. The van der Waals surface area contributed by atoms with Gasteiger partial charge in [-0.15, -0.1) is 11.3 Å². The van der Waals surface area contributed by atoms with Crippen molar-refractivity contribution in [2.45, 2.75) is 0 Å². The number of thiophene rings is 1. The summed E-state index contributed by atoms with van der Waals surface area (Å²) in [6.45, 7) is 0. The molecule has 0 aliphatic rings. The second-order valence-corrected chi connectivity index (χ2v) is 12.0. The molecule has 2 heteroatoms. The van der Waals surface area contributed by atoms with Gasteiger partial charge in [-0.2, -0.15) is 0 Å². The predicted molar refractivity (Wildman–Crippen MR) is 182 cm³/mol. The summed E-state index contributed by atoms with van der Waals surface area (Å²) in [4.78, 5) is 0. The molecule has 0 saturated carbocycles. The lowest BCUT2D eigenvalue weighted by Crippen LogP contribution is -1.94. The number of benzene rings is 7. The van der Waals surface area contributed by atoms with Gasteiger partial charge in [0.1, 0.15) is 0 Å². The molecule has 0 fully saturated rings. The highest BCUT2D eigenvalue weighted by Crippen LogP contribution is 2.48. The summed E-state index contributed by atoms with van der Waals surface area (Å²) >= 11 is 1.91. The summed E-state index contributed by atoms with van der Waals surface area (Å²) in [5, 5.41) is 7.92. The van der Waals surface area contributed by atoms with Crippen LogP contribution in [0, 0.1) is 0 Å². The Morgan fingerprint density at radius 2 is 0.952 bits per heavy atom. The number of hydrogen-bond acceptors (Lipinski definition) is 1. The highest BCUT2D eigenvalue weighted by molar-refractivity contribution is 7.27. The molecule has 0 spiro atoms. The molecular formula is C40H25NS. The van der Waals surface area contributed by atoms with Crippen LogP contribution in [0.2, 0.25) is 0 Å². The summed E-state index contributed by atoms with van der Waals surface area (Å²) in [6, 6.07) is 55.2. The zero-order valence-electron chi connectivity index (χ0n) is 22.8. The van der Waals surface area contributed by atoms with Gasteiger partial charge in [0.15, 0.2) is 0 Å². The van der Waals surface area contributed by atoms with Crippen LogP contribution in [-0.2, 0) is 0 Å². The monoisotopic (exact) mass is 551 g/mol. The summed E-state index contributed by atoms with van der Waals surface area (Å²) in [5.74, 6) is 0. The van der Waals surface area contributed by atoms with Crippen molar-refractivity contribution >= 4 is 64.1 Å². The van der Waals surface area contributed by atoms with E-state index in [9.17, 15) is 0 Å². The molecular weight excluding hydrogens is 527 g/mol. The SMILES string of the molecule is c1ccc(-c2ccc(-n3c4cc(-c5ccccc5)ccc4c4c5ccccc5c5c6ccccc6sc5c43)cc2)cc1. The lowest BCUT2D eigenvalue weighted by atomic mass is 9.98. The van der Waals surface area contributed by atoms with Crippen LogP contribution in [0.3, 0.4) is 0 Å². The Morgan fingerprint density at radius 3 is 1.67 bits per heavy atom. The maximum Gasteiger partial charge on any atom is 0.0726 e. The zero-order chi connectivity index (χ0) is 27.6. The second-order valence-electron chi connectivity index (χ2n) is 10.9. The first-order valence-electron chi connectivity index (χ1n) is 14.4. The minimum absolute atomic E-state index is 1.17. The van der Waals surface area contributed by atoms with Crippen LogP contribution in [0.4, 0.5) is 0 Å². The van der Waals surface area contributed by atoms with E-state index in [2.05, 4.69) is 156 Å². The van der Waals surface area contributed by atoms with Gasteiger partial charge in [0.2, 0.25) is 0 Å². The van der Waals surface area contributed by atoms with Crippen molar-refractivity contribution in [2.75, 3.05) is 0 Å². The first-order chi connectivity index (χ1) is 20.8. The second kappa shape index (κ2) is 9.17. The van der Waals surface area contributed by atoms with Crippen LogP contribution < -0.4 is 0 Å². The standard InChI is InChI=1S/C40H25NS/c1-3-11-26(12-4-1)28-19-22-30(23-20-28)41-35-25-29(27-13-5-2-6-14-27)21-24-33(35)37-31-15-7-8-16-32(31)38-34-17-9-10-18-36(34)42-40(38)39(37)41/h1-25H. The third-order valence-corrected chi connectivity index (χ3v) is 9.76. The highest BCUT2D eigenvalue weighted by Gasteiger charge is 2.22. The predicted octanol–water partition coefficient (Wildman–Crippen LogP) is 11.6. The average molecular weight is 552 g/mol. The highest BCUT2D eigenvalue weighted by atomic mass is 32.1.